The number of carboxylic acids is 1. The summed E-state index contributed by atoms with van der Waals surface area (Å²) in [5.41, 5.74) is -1.53. The molecule has 9 heteroatoms. The number of nitrogens with one attached hydrogen (secondary N) is 2. The van der Waals surface area contributed by atoms with Gasteiger partial charge in [-0.2, -0.15) is 13.1 Å². The molecule has 0 fully saturated rings. The first-order chi connectivity index (χ1) is 8.76. The molecule has 0 saturated heterocycles. The molecule has 0 aliphatic rings. The summed E-state index contributed by atoms with van der Waals surface area (Å²) in [4.78, 5) is 10.5. The Hall–Kier alpha value is -1.74. The van der Waals surface area contributed by atoms with E-state index in [-0.39, 0.29) is 6.54 Å². The minimum atomic E-state index is -3.94. The largest absolute Gasteiger partial charge is 0.477 e. The first-order valence-electron chi connectivity index (χ1n) is 5.26. The van der Waals surface area contributed by atoms with Gasteiger partial charge >= 0.3 is 5.97 Å². The van der Waals surface area contributed by atoms with Crippen molar-refractivity contribution in [2.75, 3.05) is 11.3 Å². The lowest BCUT2D eigenvalue weighted by Crippen LogP contribution is -2.30. The van der Waals surface area contributed by atoms with Crippen LogP contribution in [0.1, 0.15) is 23.7 Å². The van der Waals surface area contributed by atoms with Crippen LogP contribution in [0, 0.1) is 11.6 Å². The Morgan fingerprint density at radius 1 is 1.32 bits per heavy atom. The summed E-state index contributed by atoms with van der Waals surface area (Å²) < 4.78 is 53.5. The molecule has 0 spiro atoms. The Labute approximate surface area is 108 Å². The van der Waals surface area contributed by atoms with Crippen molar-refractivity contribution in [3.05, 3.63) is 29.3 Å². The number of anilines is 1. The summed E-state index contributed by atoms with van der Waals surface area (Å²) in [5, 5.41) is 8.56. The molecule has 0 radical (unpaired) electrons. The Morgan fingerprint density at radius 2 is 1.84 bits per heavy atom. The maximum atomic E-state index is 13.3. The molecule has 0 aliphatic heterocycles. The fraction of sp³-hybridized carbons (Fsp3) is 0.300. The van der Waals surface area contributed by atoms with Crippen molar-refractivity contribution in [2.45, 2.75) is 13.3 Å². The smallest absolute Gasteiger partial charge is 0.341 e. The first-order valence-corrected chi connectivity index (χ1v) is 6.75. The fourth-order valence-corrected chi connectivity index (χ4v) is 2.24. The van der Waals surface area contributed by atoms with Crippen LogP contribution in [-0.2, 0) is 10.2 Å². The molecule has 3 N–H and O–H groups in total. The van der Waals surface area contributed by atoms with E-state index in [4.69, 9.17) is 5.11 Å². The Balaban J connectivity index is 3.02. The monoisotopic (exact) mass is 294 g/mol. The molecule has 0 aromatic heterocycles. The predicted molar refractivity (Wildman–Crippen MR) is 64.2 cm³/mol. The molecule has 0 saturated carbocycles. The highest BCUT2D eigenvalue weighted by atomic mass is 32.2. The van der Waals surface area contributed by atoms with Crippen molar-refractivity contribution < 1.29 is 27.1 Å². The van der Waals surface area contributed by atoms with Crippen LogP contribution in [-0.4, -0.2) is 26.0 Å². The minimum absolute atomic E-state index is 0.160. The molecule has 0 atom stereocenters. The number of hydrogen-bond acceptors (Lipinski definition) is 3. The minimum Gasteiger partial charge on any atom is -0.477 e. The van der Waals surface area contributed by atoms with Crippen LogP contribution in [0.15, 0.2) is 12.1 Å². The van der Waals surface area contributed by atoms with Crippen LogP contribution in [0.4, 0.5) is 14.5 Å². The highest BCUT2D eigenvalue weighted by Crippen LogP contribution is 2.19. The Kier molecular flexibility index (Phi) is 4.78. The summed E-state index contributed by atoms with van der Waals surface area (Å²) in [6.45, 7) is 1.90. The highest BCUT2D eigenvalue weighted by molar-refractivity contribution is 7.90. The van der Waals surface area contributed by atoms with E-state index in [1.165, 1.54) is 0 Å². The Bertz CT molecular complexity index is 566. The zero-order chi connectivity index (χ0) is 14.6. The molecule has 0 amide bonds. The fourth-order valence-electron chi connectivity index (χ4n) is 1.26. The number of rotatable bonds is 6. The normalized spacial score (nSPS) is 11.3. The van der Waals surface area contributed by atoms with E-state index in [9.17, 15) is 22.0 Å². The van der Waals surface area contributed by atoms with Gasteiger partial charge in [0.25, 0.3) is 10.2 Å². The average Bonchev–Trinajstić information content (AvgIpc) is 2.24. The van der Waals surface area contributed by atoms with Gasteiger partial charge in [-0.3, -0.25) is 4.72 Å². The molecule has 19 heavy (non-hydrogen) atoms. The zero-order valence-electron chi connectivity index (χ0n) is 9.91. The molecule has 1 aromatic rings. The van der Waals surface area contributed by atoms with Crippen LogP contribution in [0.25, 0.3) is 0 Å². The van der Waals surface area contributed by atoms with Gasteiger partial charge in [-0.05, 0) is 18.6 Å². The van der Waals surface area contributed by atoms with Gasteiger partial charge in [-0.25, -0.2) is 13.6 Å². The summed E-state index contributed by atoms with van der Waals surface area (Å²) in [7, 11) is -3.94. The first kappa shape index (κ1) is 15.3. The number of hydrogen-bond donors (Lipinski definition) is 3. The van der Waals surface area contributed by atoms with Crippen molar-refractivity contribution in [2.24, 2.45) is 0 Å². The molecular formula is C10H12F2N2O4S. The molecule has 0 bridgehead atoms. The summed E-state index contributed by atoms with van der Waals surface area (Å²) in [6.07, 6.45) is 0.543. The molecule has 1 rings (SSSR count). The van der Waals surface area contributed by atoms with Gasteiger partial charge in [0.05, 0.1) is 5.69 Å². The molecule has 106 valence electrons. The van der Waals surface area contributed by atoms with Crippen LogP contribution in [0.3, 0.4) is 0 Å². The van der Waals surface area contributed by atoms with Crippen LogP contribution < -0.4 is 9.44 Å². The van der Waals surface area contributed by atoms with Crippen LogP contribution in [0.5, 0.6) is 0 Å². The van der Waals surface area contributed by atoms with Crippen molar-refractivity contribution >= 4 is 21.9 Å². The van der Waals surface area contributed by atoms with E-state index in [0.717, 1.165) is 0 Å². The van der Waals surface area contributed by atoms with E-state index in [0.29, 0.717) is 18.6 Å². The number of benzene rings is 1. The third kappa shape index (κ3) is 4.14. The second kappa shape index (κ2) is 5.93. The standard InChI is InChI=1S/C10H12F2N2O4S/c1-2-3-13-19(17,18)14-6-4-7(11)9(10(15)16)8(12)5-6/h4-5,13-14H,2-3H2,1H3,(H,15,16). The number of aromatic carboxylic acids is 1. The zero-order valence-corrected chi connectivity index (χ0v) is 10.7. The number of halogens is 2. The van der Waals surface area contributed by atoms with E-state index < -0.39 is 39.1 Å². The SMILES string of the molecule is CCCNS(=O)(=O)Nc1cc(F)c(C(=O)O)c(F)c1. The molecule has 0 unspecified atom stereocenters. The molecule has 6 nitrogen and oxygen atoms in total. The van der Waals surface area contributed by atoms with E-state index in [1.807, 2.05) is 4.72 Å². The van der Waals surface area contributed by atoms with Crippen LogP contribution in [0.2, 0.25) is 0 Å². The van der Waals surface area contributed by atoms with Crippen molar-refractivity contribution in [3.8, 4) is 0 Å². The van der Waals surface area contributed by atoms with Gasteiger partial charge in [-0.15, -0.1) is 0 Å². The van der Waals surface area contributed by atoms with E-state index in [2.05, 4.69) is 4.72 Å². The summed E-state index contributed by atoms with van der Waals surface area (Å²) in [6, 6.07) is 1.19. The summed E-state index contributed by atoms with van der Waals surface area (Å²) >= 11 is 0. The molecule has 1 aromatic carbocycles. The quantitative estimate of drug-likeness (QED) is 0.737. The lowest BCUT2D eigenvalue weighted by atomic mass is 10.2. The second-order valence-electron chi connectivity index (χ2n) is 3.62. The van der Waals surface area contributed by atoms with E-state index >= 15 is 0 Å². The van der Waals surface area contributed by atoms with Crippen molar-refractivity contribution in [1.29, 1.82) is 0 Å². The van der Waals surface area contributed by atoms with Crippen molar-refractivity contribution in [3.63, 3.8) is 0 Å². The Morgan fingerprint density at radius 3 is 2.26 bits per heavy atom. The van der Waals surface area contributed by atoms with Crippen molar-refractivity contribution in [1.82, 2.24) is 4.72 Å². The van der Waals surface area contributed by atoms with Gasteiger partial charge < -0.3 is 5.11 Å². The third-order valence-electron chi connectivity index (χ3n) is 2.05. The molecule has 0 aliphatic carbocycles. The maximum absolute atomic E-state index is 13.3. The number of carbonyl (C=O) groups is 1. The maximum Gasteiger partial charge on any atom is 0.341 e. The van der Waals surface area contributed by atoms with Gasteiger partial charge in [0.1, 0.15) is 17.2 Å². The molecule has 0 heterocycles. The van der Waals surface area contributed by atoms with Gasteiger partial charge in [-0.1, -0.05) is 6.92 Å². The molecular weight excluding hydrogens is 282 g/mol. The van der Waals surface area contributed by atoms with Gasteiger partial charge in [0.15, 0.2) is 0 Å². The van der Waals surface area contributed by atoms with Gasteiger partial charge in [0.2, 0.25) is 0 Å². The predicted octanol–water partition coefficient (Wildman–Crippen LogP) is 1.32. The highest BCUT2D eigenvalue weighted by Gasteiger charge is 2.19. The summed E-state index contributed by atoms with van der Waals surface area (Å²) in [5.74, 6) is -4.49. The second-order valence-corrected chi connectivity index (χ2v) is 5.12. The van der Waals surface area contributed by atoms with E-state index in [1.54, 1.807) is 6.92 Å². The lowest BCUT2D eigenvalue weighted by molar-refractivity contribution is 0.0686. The van der Waals surface area contributed by atoms with Gasteiger partial charge in [0, 0.05) is 6.54 Å². The number of carboxylic acid groups (broad SMARTS) is 1. The third-order valence-corrected chi connectivity index (χ3v) is 3.14. The van der Waals surface area contributed by atoms with Crippen LogP contribution >= 0.6 is 0 Å². The lowest BCUT2D eigenvalue weighted by Gasteiger charge is -2.09. The average molecular weight is 294 g/mol. The topological polar surface area (TPSA) is 95.5 Å².